The van der Waals surface area contributed by atoms with E-state index in [0.717, 1.165) is 13.1 Å². The number of aromatic nitrogens is 1. The van der Waals surface area contributed by atoms with Crippen LogP contribution < -0.4 is 4.90 Å². The number of hydrogen-bond acceptors (Lipinski definition) is 4. The van der Waals surface area contributed by atoms with Gasteiger partial charge < -0.3 is 4.90 Å². The van der Waals surface area contributed by atoms with Crippen molar-refractivity contribution in [3.8, 4) is 6.07 Å². The first-order chi connectivity index (χ1) is 8.61. The highest BCUT2D eigenvalue weighted by Crippen LogP contribution is 2.21. The van der Waals surface area contributed by atoms with Crippen LogP contribution in [0.1, 0.15) is 6.92 Å². The zero-order valence-electron chi connectivity index (χ0n) is 10.1. The van der Waals surface area contributed by atoms with Crippen LogP contribution in [0.3, 0.4) is 0 Å². The first-order valence-corrected chi connectivity index (χ1v) is 6.19. The molecule has 2 heterocycles. The Morgan fingerprint density at radius 1 is 1.44 bits per heavy atom. The molecule has 4 nitrogen and oxygen atoms in total. The molecule has 2 rings (SSSR count). The van der Waals surface area contributed by atoms with E-state index in [1.165, 1.54) is 12.3 Å². The molecule has 0 spiro atoms. The average molecular weight is 269 g/mol. The molecule has 0 bridgehead atoms. The van der Waals surface area contributed by atoms with Gasteiger partial charge in [-0.05, 0) is 13.0 Å². The van der Waals surface area contributed by atoms with Crippen molar-refractivity contribution in [3.63, 3.8) is 0 Å². The van der Waals surface area contributed by atoms with Gasteiger partial charge >= 0.3 is 0 Å². The Bertz CT molecular complexity index is 466. The Kier molecular flexibility index (Phi) is 4.00. The van der Waals surface area contributed by atoms with E-state index in [0.29, 0.717) is 23.9 Å². The molecule has 0 aromatic carbocycles. The van der Waals surface area contributed by atoms with Crippen LogP contribution in [-0.4, -0.2) is 42.1 Å². The smallest absolute Gasteiger partial charge is 0.167 e. The number of anilines is 1. The molecule has 6 heteroatoms. The molecule has 0 N–H and O–H groups in total. The summed E-state index contributed by atoms with van der Waals surface area (Å²) >= 11 is 5.67. The predicted molar refractivity (Wildman–Crippen MR) is 68.1 cm³/mol. The highest BCUT2D eigenvalue weighted by Gasteiger charge is 2.23. The van der Waals surface area contributed by atoms with Crippen LogP contribution in [0.4, 0.5) is 10.2 Å². The van der Waals surface area contributed by atoms with Gasteiger partial charge in [0.15, 0.2) is 11.6 Å². The number of rotatable bonds is 2. The lowest BCUT2D eigenvalue weighted by Gasteiger charge is -2.36. The monoisotopic (exact) mass is 268 g/mol. The van der Waals surface area contributed by atoms with Crippen molar-refractivity contribution in [2.45, 2.75) is 13.0 Å². The lowest BCUT2D eigenvalue weighted by atomic mass is 10.2. The van der Waals surface area contributed by atoms with Crippen LogP contribution in [0.25, 0.3) is 0 Å². The first-order valence-electron chi connectivity index (χ1n) is 5.81. The van der Waals surface area contributed by atoms with Crippen molar-refractivity contribution in [2.24, 2.45) is 0 Å². The van der Waals surface area contributed by atoms with Crippen molar-refractivity contribution in [3.05, 3.63) is 23.1 Å². The minimum absolute atomic E-state index is 0.102. The van der Waals surface area contributed by atoms with Gasteiger partial charge in [0, 0.05) is 32.4 Å². The normalized spacial score (nSPS) is 18.4. The van der Waals surface area contributed by atoms with Gasteiger partial charge in [-0.2, -0.15) is 5.26 Å². The Labute approximate surface area is 111 Å². The van der Waals surface area contributed by atoms with E-state index in [1.807, 2.05) is 11.8 Å². The summed E-state index contributed by atoms with van der Waals surface area (Å²) in [7, 11) is 0. The molecular formula is C12H14ClFN4. The fourth-order valence-corrected chi connectivity index (χ4v) is 2.19. The van der Waals surface area contributed by atoms with Gasteiger partial charge in [0.2, 0.25) is 0 Å². The zero-order valence-corrected chi connectivity index (χ0v) is 10.9. The molecule has 1 fully saturated rings. The second-order valence-corrected chi connectivity index (χ2v) is 4.72. The van der Waals surface area contributed by atoms with E-state index >= 15 is 0 Å². The molecule has 1 atom stereocenters. The largest absolute Gasteiger partial charge is 0.352 e. The molecule has 0 radical (unpaired) electrons. The Morgan fingerprint density at radius 3 is 2.67 bits per heavy atom. The third kappa shape index (κ3) is 2.71. The summed E-state index contributed by atoms with van der Waals surface area (Å²) in [6.45, 7) is 4.67. The number of piperazine rings is 1. The molecule has 1 aromatic heterocycles. The quantitative estimate of drug-likeness (QED) is 0.822. The second-order valence-electron chi connectivity index (χ2n) is 4.29. The van der Waals surface area contributed by atoms with Gasteiger partial charge in [-0.1, -0.05) is 11.6 Å². The maximum atomic E-state index is 13.7. The lowest BCUT2D eigenvalue weighted by Crippen LogP contribution is -2.49. The topological polar surface area (TPSA) is 43.2 Å². The molecule has 96 valence electrons. The molecule has 1 aliphatic heterocycles. The van der Waals surface area contributed by atoms with Crippen molar-refractivity contribution >= 4 is 17.4 Å². The van der Waals surface area contributed by atoms with Gasteiger partial charge in [-0.3, -0.25) is 4.90 Å². The highest BCUT2D eigenvalue weighted by molar-refractivity contribution is 6.30. The SMILES string of the molecule is CC(C#N)N1CCN(c2ncc(Cl)cc2F)CC1. The third-order valence-electron chi connectivity index (χ3n) is 3.14. The van der Waals surface area contributed by atoms with Gasteiger partial charge in [0.1, 0.15) is 0 Å². The standard InChI is InChI=1S/C12H14ClFN4/c1-9(7-15)17-2-4-18(5-3-17)12-11(14)6-10(13)8-16-12/h6,8-9H,2-5H2,1H3. The number of pyridine rings is 1. The summed E-state index contributed by atoms with van der Waals surface area (Å²) in [5.74, 6) is -0.0621. The summed E-state index contributed by atoms with van der Waals surface area (Å²) < 4.78 is 13.7. The molecule has 1 unspecified atom stereocenters. The van der Waals surface area contributed by atoms with E-state index < -0.39 is 5.82 Å². The maximum Gasteiger partial charge on any atom is 0.167 e. The van der Waals surface area contributed by atoms with Crippen molar-refractivity contribution < 1.29 is 4.39 Å². The van der Waals surface area contributed by atoms with Gasteiger partial charge in [-0.25, -0.2) is 9.37 Å². The molecule has 0 amide bonds. The Morgan fingerprint density at radius 2 is 2.11 bits per heavy atom. The van der Waals surface area contributed by atoms with Crippen molar-refractivity contribution in [1.29, 1.82) is 5.26 Å². The fraction of sp³-hybridized carbons (Fsp3) is 0.500. The van der Waals surface area contributed by atoms with E-state index in [2.05, 4.69) is 16.0 Å². The van der Waals surface area contributed by atoms with Crippen LogP contribution in [0.5, 0.6) is 0 Å². The van der Waals surface area contributed by atoms with E-state index in [4.69, 9.17) is 16.9 Å². The summed E-state index contributed by atoms with van der Waals surface area (Å²) in [5.41, 5.74) is 0. The summed E-state index contributed by atoms with van der Waals surface area (Å²) in [5, 5.41) is 9.15. The Balaban J connectivity index is 2.04. The van der Waals surface area contributed by atoms with Gasteiger partial charge in [0.05, 0.1) is 17.1 Å². The molecule has 1 saturated heterocycles. The summed E-state index contributed by atoms with van der Waals surface area (Å²) in [6.07, 6.45) is 1.45. The third-order valence-corrected chi connectivity index (χ3v) is 3.34. The van der Waals surface area contributed by atoms with E-state index in [1.54, 1.807) is 0 Å². The first kappa shape index (κ1) is 13.1. The van der Waals surface area contributed by atoms with E-state index in [9.17, 15) is 4.39 Å². The van der Waals surface area contributed by atoms with Crippen molar-refractivity contribution in [2.75, 3.05) is 31.1 Å². The lowest BCUT2D eigenvalue weighted by molar-refractivity contribution is 0.230. The molecular weight excluding hydrogens is 255 g/mol. The molecule has 0 saturated carbocycles. The number of halogens is 2. The Hall–Kier alpha value is -1.38. The van der Waals surface area contributed by atoms with Crippen LogP contribution in [-0.2, 0) is 0 Å². The van der Waals surface area contributed by atoms with Gasteiger partial charge in [0.25, 0.3) is 0 Å². The molecule has 1 aromatic rings. The molecule has 0 aliphatic carbocycles. The second kappa shape index (κ2) is 5.51. The van der Waals surface area contributed by atoms with Crippen molar-refractivity contribution in [1.82, 2.24) is 9.88 Å². The number of nitriles is 1. The fourth-order valence-electron chi connectivity index (χ4n) is 2.04. The molecule has 18 heavy (non-hydrogen) atoms. The van der Waals surface area contributed by atoms with Crippen LogP contribution in [0, 0.1) is 17.1 Å². The number of hydrogen-bond donors (Lipinski definition) is 0. The summed E-state index contributed by atoms with van der Waals surface area (Å²) in [4.78, 5) is 7.98. The van der Waals surface area contributed by atoms with Crippen LogP contribution >= 0.6 is 11.6 Å². The molecule has 1 aliphatic rings. The zero-order chi connectivity index (χ0) is 13.1. The minimum atomic E-state index is -0.399. The maximum absolute atomic E-state index is 13.7. The van der Waals surface area contributed by atoms with Gasteiger partial charge in [-0.15, -0.1) is 0 Å². The average Bonchev–Trinajstić information content (AvgIpc) is 2.38. The number of nitrogens with zero attached hydrogens (tertiary/aromatic N) is 4. The van der Waals surface area contributed by atoms with E-state index in [-0.39, 0.29) is 6.04 Å². The summed E-state index contributed by atoms with van der Waals surface area (Å²) in [6, 6.07) is 3.38. The van der Waals surface area contributed by atoms with Crippen LogP contribution in [0.2, 0.25) is 5.02 Å². The van der Waals surface area contributed by atoms with Crippen LogP contribution in [0.15, 0.2) is 12.3 Å². The predicted octanol–water partition coefficient (Wildman–Crippen LogP) is 1.91. The minimum Gasteiger partial charge on any atom is -0.352 e. The highest BCUT2D eigenvalue weighted by atomic mass is 35.5.